The first-order chi connectivity index (χ1) is 13.9. The maximum Gasteiger partial charge on any atom is 0.330 e. The second-order valence-corrected chi connectivity index (χ2v) is 8.42. The number of thioether (sulfide) groups is 1. The number of fused-ring (bicyclic) bond motifs is 1. The molecule has 1 heterocycles. The van der Waals surface area contributed by atoms with E-state index in [1.54, 1.807) is 12.1 Å². The molecular formula is C22H23NO5S. The summed E-state index contributed by atoms with van der Waals surface area (Å²) in [6.45, 7) is 3.56. The number of Topliss-reactive ketones (excluding diaryl/α,β-unsaturated/α-hetero) is 1. The first-order valence-electron chi connectivity index (χ1n) is 9.56. The third-order valence-corrected chi connectivity index (χ3v) is 6.19. The second-order valence-electron chi connectivity index (χ2n) is 7.10. The molecule has 0 aromatic heterocycles. The van der Waals surface area contributed by atoms with Crippen molar-refractivity contribution in [3.63, 3.8) is 0 Å². The average molecular weight is 413 g/mol. The van der Waals surface area contributed by atoms with Crippen LogP contribution in [0.15, 0.2) is 42.5 Å². The van der Waals surface area contributed by atoms with E-state index in [2.05, 4.69) is 5.32 Å². The van der Waals surface area contributed by atoms with E-state index >= 15 is 0 Å². The van der Waals surface area contributed by atoms with Gasteiger partial charge >= 0.3 is 11.9 Å². The molecule has 3 rings (SSSR count). The minimum absolute atomic E-state index is 0.285. The minimum Gasteiger partial charge on any atom is -0.392 e. The summed E-state index contributed by atoms with van der Waals surface area (Å²) < 4.78 is 5.01. The van der Waals surface area contributed by atoms with Crippen LogP contribution in [0, 0.1) is 5.92 Å². The van der Waals surface area contributed by atoms with Crippen LogP contribution in [-0.2, 0) is 19.1 Å². The number of esters is 2. The number of carbonyl (C=O) groups excluding carboxylic acids is 4. The molecule has 1 saturated heterocycles. The SMILES string of the molecule is CC(=O)SC(C(=O)c1cccc2ccccc12)C(C)C(=O)OC(=O)[C@@H]1CCCN1. The summed E-state index contributed by atoms with van der Waals surface area (Å²) in [5, 5.41) is 3.36. The fraction of sp³-hybridized carbons (Fsp3) is 0.364. The number of rotatable bonds is 6. The number of ketones is 1. The Balaban J connectivity index is 1.84. The highest BCUT2D eigenvalue weighted by atomic mass is 32.2. The quantitative estimate of drug-likeness (QED) is 0.442. The lowest BCUT2D eigenvalue weighted by molar-refractivity contribution is -0.163. The van der Waals surface area contributed by atoms with Gasteiger partial charge in [-0.05, 0) is 30.2 Å². The summed E-state index contributed by atoms with van der Waals surface area (Å²) in [6.07, 6.45) is 1.45. The first kappa shape index (κ1) is 21.2. The Hall–Kier alpha value is -2.51. The molecule has 1 aliphatic rings. The van der Waals surface area contributed by atoms with Gasteiger partial charge in [0.1, 0.15) is 6.04 Å². The molecule has 1 fully saturated rings. The van der Waals surface area contributed by atoms with Crippen molar-refractivity contribution in [3.8, 4) is 0 Å². The Bertz CT molecular complexity index is 946. The number of ether oxygens (including phenoxy) is 1. The Morgan fingerprint density at radius 3 is 2.52 bits per heavy atom. The smallest absolute Gasteiger partial charge is 0.330 e. The van der Waals surface area contributed by atoms with Gasteiger partial charge < -0.3 is 10.1 Å². The predicted octanol–water partition coefficient (Wildman–Crippen LogP) is 3.13. The van der Waals surface area contributed by atoms with E-state index < -0.39 is 29.1 Å². The molecule has 6 nitrogen and oxygen atoms in total. The molecule has 0 saturated carbocycles. The lowest BCUT2D eigenvalue weighted by Crippen LogP contribution is -2.38. The highest BCUT2D eigenvalue weighted by Crippen LogP contribution is 2.29. The van der Waals surface area contributed by atoms with Crippen molar-refractivity contribution in [1.82, 2.24) is 5.32 Å². The van der Waals surface area contributed by atoms with Crippen LogP contribution in [0.4, 0.5) is 0 Å². The third kappa shape index (κ3) is 4.92. The lowest BCUT2D eigenvalue weighted by Gasteiger charge is -2.21. The van der Waals surface area contributed by atoms with Gasteiger partial charge in [-0.1, -0.05) is 61.2 Å². The molecule has 1 aliphatic heterocycles. The van der Waals surface area contributed by atoms with Crippen molar-refractivity contribution in [2.45, 2.75) is 38.0 Å². The maximum atomic E-state index is 13.3. The number of hydrogen-bond acceptors (Lipinski definition) is 7. The lowest BCUT2D eigenvalue weighted by atomic mass is 9.95. The van der Waals surface area contributed by atoms with Gasteiger partial charge in [0.15, 0.2) is 10.9 Å². The van der Waals surface area contributed by atoms with Crippen molar-refractivity contribution in [2.75, 3.05) is 6.54 Å². The van der Waals surface area contributed by atoms with Crippen LogP contribution in [0.2, 0.25) is 0 Å². The molecule has 0 amide bonds. The Kier molecular flexibility index (Phi) is 6.82. The molecule has 2 aromatic carbocycles. The normalized spacial score (nSPS) is 18.2. The third-order valence-electron chi connectivity index (χ3n) is 4.98. The van der Waals surface area contributed by atoms with Crippen LogP contribution < -0.4 is 5.32 Å². The van der Waals surface area contributed by atoms with E-state index in [4.69, 9.17) is 4.74 Å². The van der Waals surface area contributed by atoms with E-state index in [0.29, 0.717) is 18.5 Å². The summed E-state index contributed by atoms with van der Waals surface area (Å²) in [4.78, 5) is 49.8. The van der Waals surface area contributed by atoms with Crippen molar-refractivity contribution in [3.05, 3.63) is 48.0 Å². The van der Waals surface area contributed by atoms with E-state index in [9.17, 15) is 19.2 Å². The number of carbonyl (C=O) groups is 4. The summed E-state index contributed by atoms with van der Waals surface area (Å²) in [6, 6.07) is 12.3. The molecule has 152 valence electrons. The van der Waals surface area contributed by atoms with Crippen LogP contribution in [0.25, 0.3) is 10.8 Å². The van der Waals surface area contributed by atoms with Crippen molar-refractivity contribution >= 4 is 45.4 Å². The molecular weight excluding hydrogens is 390 g/mol. The summed E-state index contributed by atoms with van der Waals surface area (Å²) in [7, 11) is 0. The van der Waals surface area contributed by atoms with Gasteiger partial charge in [-0.2, -0.15) is 0 Å². The van der Waals surface area contributed by atoms with E-state index in [-0.39, 0.29) is 10.9 Å². The highest BCUT2D eigenvalue weighted by Gasteiger charge is 2.36. The van der Waals surface area contributed by atoms with Crippen LogP contribution in [0.5, 0.6) is 0 Å². The van der Waals surface area contributed by atoms with Gasteiger partial charge in [0, 0.05) is 12.5 Å². The Morgan fingerprint density at radius 1 is 1.10 bits per heavy atom. The summed E-state index contributed by atoms with van der Waals surface area (Å²) >= 11 is 0.791. The first-order valence-corrected chi connectivity index (χ1v) is 10.4. The summed E-state index contributed by atoms with van der Waals surface area (Å²) in [5.41, 5.74) is 0.435. The predicted molar refractivity (Wildman–Crippen MR) is 112 cm³/mol. The number of hydrogen-bond donors (Lipinski definition) is 1. The molecule has 0 spiro atoms. The standard InChI is InChI=1S/C22H23NO5S/c1-13(21(26)28-22(27)18-11-6-12-23-18)20(29-14(2)24)19(25)17-10-5-8-15-7-3-4-9-16(15)17/h3-5,7-10,13,18,20,23H,6,11-12H2,1-2H3/t13?,18-,20?/m0/s1. The topological polar surface area (TPSA) is 89.5 Å². The molecule has 3 atom stereocenters. The highest BCUT2D eigenvalue weighted by molar-refractivity contribution is 8.14. The molecule has 1 N–H and O–H groups in total. The number of nitrogens with one attached hydrogen (secondary N) is 1. The molecule has 29 heavy (non-hydrogen) atoms. The fourth-order valence-electron chi connectivity index (χ4n) is 3.43. The largest absolute Gasteiger partial charge is 0.392 e. The van der Waals surface area contributed by atoms with Gasteiger partial charge in [-0.25, -0.2) is 4.79 Å². The van der Waals surface area contributed by atoms with Gasteiger partial charge in [0.2, 0.25) is 0 Å². The number of benzene rings is 2. The monoisotopic (exact) mass is 413 g/mol. The van der Waals surface area contributed by atoms with Crippen LogP contribution in [0.1, 0.15) is 37.0 Å². The van der Waals surface area contributed by atoms with Crippen LogP contribution >= 0.6 is 11.8 Å². The van der Waals surface area contributed by atoms with E-state index in [1.807, 2.05) is 30.3 Å². The zero-order valence-electron chi connectivity index (χ0n) is 16.3. The molecule has 7 heteroatoms. The molecule has 2 unspecified atom stereocenters. The van der Waals surface area contributed by atoms with Crippen LogP contribution in [-0.4, -0.2) is 40.7 Å². The average Bonchev–Trinajstić information content (AvgIpc) is 3.25. The fourth-order valence-corrected chi connectivity index (χ4v) is 4.33. The van der Waals surface area contributed by atoms with Crippen molar-refractivity contribution in [1.29, 1.82) is 0 Å². The van der Waals surface area contributed by atoms with Gasteiger partial charge in [-0.15, -0.1) is 0 Å². The Labute approximate surface area is 173 Å². The zero-order chi connectivity index (χ0) is 21.0. The molecule has 0 bridgehead atoms. The summed E-state index contributed by atoms with van der Waals surface area (Å²) in [5.74, 6) is -2.72. The van der Waals surface area contributed by atoms with Gasteiger partial charge in [-0.3, -0.25) is 14.4 Å². The minimum atomic E-state index is -0.977. The molecule has 0 radical (unpaired) electrons. The Morgan fingerprint density at radius 2 is 1.83 bits per heavy atom. The second kappa shape index (κ2) is 9.33. The zero-order valence-corrected chi connectivity index (χ0v) is 17.2. The maximum absolute atomic E-state index is 13.3. The molecule has 0 aliphatic carbocycles. The van der Waals surface area contributed by atoms with Gasteiger partial charge in [0.25, 0.3) is 0 Å². The van der Waals surface area contributed by atoms with E-state index in [1.165, 1.54) is 13.8 Å². The van der Waals surface area contributed by atoms with Crippen molar-refractivity contribution < 1.29 is 23.9 Å². The molecule has 2 aromatic rings. The van der Waals surface area contributed by atoms with Crippen molar-refractivity contribution in [2.24, 2.45) is 5.92 Å². The van der Waals surface area contributed by atoms with Gasteiger partial charge in [0.05, 0.1) is 11.2 Å². The van der Waals surface area contributed by atoms with Crippen LogP contribution in [0.3, 0.4) is 0 Å². The van der Waals surface area contributed by atoms with E-state index in [0.717, 1.165) is 29.0 Å².